The number of rotatable bonds is 5. The van der Waals surface area contributed by atoms with Crippen LogP contribution in [-0.2, 0) is 0 Å². The van der Waals surface area contributed by atoms with Gasteiger partial charge in [-0.25, -0.2) is 0 Å². The minimum Gasteiger partial charge on any atom is -0.490 e. The molecular weight excluding hydrogens is 336 g/mol. The molecule has 1 aliphatic rings. The Morgan fingerprint density at radius 2 is 2.04 bits per heavy atom. The van der Waals surface area contributed by atoms with Crippen molar-refractivity contribution in [3.05, 3.63) is 40.5 Å². The lowest BCUT2D eigenvalue weighted by atomic mass is 9.93. The average Bonchev–Trinajstić information content (AvgIpc) is 3.06. The summed E-state index contributed by atoms with van der Waals surface area (Å²) in [5, 5.41) is 20.3. The van der Waals surface area contributed by atoms with Gasteiger partial charge < -0.3 is 10.1 Å². The summed E-state index contributed by atoms with van der Waals surface area (Å²) in [5.41, 5.74) is 1.62. The molecule has 0 atom stereocenters. The van der Waals surface area contributed by atoms with Crippen LogP contribution >= 0.6 is 11.6 Å². The van der Waals surface area contributed by atoms with Gasteiger partial charge in [-0.1, -0.05) is 25.4 Å². The van der Waals surface area contributed by atoms with Crippen molar-refractivity contribution in [1.82, 2.24) is 10.2 Å². The third-order valence-corrected chi connectivity index (χ3v) is 4.92. The van der Waals surface area contributed by atoms with Crippen molar-refractivity contribution in [1.29, 1.82) is 5.26 Å². The molecule has 3 rings (SSSR count). The summed E-state index contributed by atoms with van der Waals surface area (Å²) in [7, 11) is 0. The first kappa shape index (κ1) is 17.6. The minimum absolute atomic E-state index is 0.187. The number of H-pyrrole nitrogens is 1. The van der Waals surface area contributed by atoms with E-state index in [4.69, 9.17) is 21.6 Å². The van der Waals surface area contributed by atoms with E-state index in [0.717, 1.165) is 42.9 Å². The minimum atomic E-state index is 0.187. The number of anilines is 1. The number of nitriles is 1. The van der Waals surface area contributed by atoms with Gasteiger partial charge in [0.15, 0.2) is 0 Å². The Bertz CT molecular complexity index is 757. The molecule has 1 aromatic heterocycles. The molecule has 0 bridgehead atoms. The zero-order valence-corrected chi connectivity index (χ0v) is 15.3. The lowest BCUT2D eigenvalue weighted by Crippen LogP contribution is -2.31. The number of aromatic nitrogens is 2. The fourth-order valence-corrected chi connectivity index (χ4v) is 3.31. The zero-order chi connectivity index (χ0) is 17.8. The number of aromatic amines is 1. The third-order valence-electron chi connectivity index (χ3n) is 4.61. The molecule has 0 aliphatic heterocycles. The maximum Gasteiger partial charge on any atom is 0.148 e. The van der Waals surface area contributed by atoms with Gasteiger partial charge in [0.1, 0.15) is 17.6 Å². The number of nitrogens with zero attached hydrogens (tertiary/aromatic N) is 2. The summed E-state index contributed by atoms with van der Waals surface area (Å²) in [6, 6.07) is 9.81. The second kappa shape index (κ2) is 7.79. The highest BCUT2D eigenvalue weighted by molar-refractivity contribution is 6.31. The van der Waals surface area contributed by atoms with E-state index in [0.29, 0.717) is 22.5 Å². The smallest absolute Gasteiger partial charge is 0.148 e. The highest BCUT2D eigenvalue weighted by Gasteiger charge is 2.23. The van der Waals surface area contributed by atoms with Crippen LogP contribution in [0.25, 0.3) is 0 Å². The SMILES string of the molecule is CC(C)c1cc(NC2CCC(Oc3ccc(C#N)c(Cl)c3)CC2)n[nH]1. The fraction of sp³-hybridized carbons (Fsp3) is 0.474. The predicted octanol–water partition coefficient (Wildman–Crippen LogP) is 4.86. The van der Waals surface area contributed by atoms with Crippen LogP contribution in [-0.4, -0.2) is 22.3 Å². The normalized spacial score (nSPS) is 20.3. The number of hydrogen-bond acceptors (Lipinski definition) is 4. The van der Waals surface area contributed by atoms with Gasteiger partial charge in [0.2, 0.25) is 0 Å². The van der Waals surface area contributed by atoms with Crippen LogP contribution in [0.2, 0.25) is 5.02 Å². The number of halogens is 1. The Hall–Kier alpha value is -2.19. The van der Waals surface area contributed by atoms with E-state index in [1.807, 2.05) is 6.07 Å². The van der Waals surface area contributed by atoms with Gasteiger partial charge in [0.05, 0.1) is 16.7 Å². The molecule has 0 unspecified atom stereocenters. The first-order valence-corrected chi connectivity index (χ1v) is 9.11. The van der Waals surface area contributed by atoms with Gasteiger partial charge >= 0.3 is 0 Å². The monoisotopic (exact) mass is 358 g/mol. The van der Waals surface area contributed by atoms with Crippen LogP contribution in [0.3, 0.4) is 0 Å². The van der Waals surface area contributed by atoms with Crippen LogP contribution < -0.4 is 10.1 Å². The van der Waals surface area contributed by atoms with Gasteiger partial charge in [-0.05, 0) is 43.7 Å². The van der Waals surface area contributed by atoms with Crippen LogP contribution in [0, 0.1) is 11.3 Å². The van der Waals surface area contributed by atoms with Crippen molar-refractivity contribution in [2.24, 2.45) is 0 Å². The summed E-state index contributed by atoms with van der Waals surface area (Å²) >= 11 is 6.06. The number of nitrogens with one attached hydrogen (secondary N) is 2. The molecule has 0 saturated heterocycles. The van der Waals surface area contributed by atoms with E-state index >= 15 is 0 Å². The molecule has 1 aliphatic carbocycles. The number of ether oxygens (including phenoxy) is 1. The number of hydrogen-bond donors (Lipinski definition) is 2. The van der Waals surface area contributed by atoms with Crippen LogP contribution in [0.5, 0.6) is 5.75 Å². The van der Waals surface area contributed by atoms with E-state index in [9.17, 15) is 0 Å². The maximum atomic E-state index is 8.92. The summed E-state index contributed by atoms with van der Waals surface area (Å²) < 4.78 is 6.03. The van der Waals surface area contributed by atoms with Crippen molar-refractivity contribution >= 4 is 17.4 Å². The standard InChI is InChI=1S/C19H23ClN4O/c1-12(2)18-10-19(24-23-18)22-14-4-7-15(8-5-14)25-16-6-3-13(11-21)17(20)9-16/h3,6,9-10,12,14-15H,4-5,7-8H2,1-2H3,(H2,22,23,24). The predicted molar refractivity (Wildman–Crippen MR) is 99.1 cm³/mol. The maximum absolute atomic E-state index is 8.92. The second-order valence-electron chi connectivity index (χ2n) is 6.85. The Balaban J connectivity index is 1.50. The molecule has 132 valence electrons. The Morgan fingerprint density at radius 3 is 2.64 bits per heavy atom. The first-order valence-electron chi connectivity index (χ1n) is 8.73. The zero-order valence-electron chi connectivity index (χ0n) is 14.6. The average molecular weight is 359 g/mol. The molecule has 0 amide bonds. The molecule has 2 aromatic rings. The molecule has 5 nitrogen and oxygen atoms in total. The van der Waals surface area contributed by atoms with Gasteiger partial charge in [0, 0.05) is 23.9 Å². The van der Waals surface area contributed by atoms with Crippen LogP contribution in [0.15, 0.2) is 24.3 Å². The molecule has 1 aromatic carbocycles. The number of benzene rings is 1. The first-order chi connectivity index (χ1) is 12.0. The molecule has 0 radical (unpaired) electrons. The molecule has 6 heteroatoms. The van der Waals surface area contributed by atoms with E-state index < -0.39 is 0 Å². The van der Waals surface area contributed by atoms with Crippen molar-refractivity contribution in [3.63, 3.8) is 0 Å². The summed E-state index contributed by atoms with van der Waals surface area (Å²) in [5.74, 6) is 2.10. The fourth-order valence-electron chi connectivity index (χ4n) is 3.09. The van der Waals surface area contributed by atoms with Crippen molar-refractivity contribution in [2.45, 2.75) is 57.6 Å². The van der Waals surface area contributed by atoms with Gasteiger partial charge in [-0.3, -0.25) is 5.10 Å². The quantitative estimate of drug-likeness (QED) is 0.800. The van der Waals surface area contributed by atoms with Gasteiger partial charge in [-0.15, -0.1) is 0 Å². The second-order valence-corrected chi connectivity index (χ2v) is 7.26. The van der Waals surface area contributed by atoms with E-state index in [-0.39, 0.29) is 6.10 Å². The lowest BCUT2D eigenvalue weighted by molar-refractivity contribution is 0.150. The van der Waals surface area contributed by atoms with E-state index in [1.54, 1.807) is 12.1 Å². The van der Waals surface area contributed by atoms with Crippen molar-refractivity contribution < 1.29 is 4.74 Å². The largest absolute Gasteiger partial charge is 0.490 e. The van der Waals surface area contributed by atoms with Crippen LogP contribution in [0.4, 0.5) is 5.82 Å². The Labute approximate surface area is 153 Å². The summed E-state index contributed by atoms with van der Waals surface area (Å²) in [6.07, 6.45) is 4.23. The molecule has 1 heterocycles. The van der Waals surface area contributed by atoms with Crippen LogP contribution in [0.1, 0.15) is 56.7 Å². The molecule has 0 spiro atoms. The summed E-state index contributed by atoms with van der Waals surface area (Å²) in [6.45, 7) is 4.30. The Morgan fingerprint density at radius 1 is 1.28 bits per heavy atom. The van der Waals surface area contributed by atoms with Crippen molar-refractivity contribution in [2.75, 3.05) is 5.32 Å². The lowest BCUT2D eigenvalue weighted by Gasteiger charge is -2.29. The van der Waals surface area contributed by atoms with Gasteiger partial charge in [-0.2, -0.15) is 10.4 Å². The van der Waals surface area contributed by atoms with E-state index in [2.05, 4.69) is 41.5 Å². The van der Waals surface area contributed by atoms with E-state index in [1.165, 1.54) is 0 Å². The summed E-state index contributed by atoms with van der Waals surface area (Å²) in [4.78, 5) is 0. The third kappa shape index (κ3) is 4.46. The highest BCUT2D eigenvalue weighted by Crippen LogP contribution is 2.28. The Kier molecular flexibility index (Phi) is 5.50. The van der Waals surface area contributed by atoms with Gasteiger partial charge in [0.25, 0.3) is 0 Å². The van der Waals surface area contributed by atoms with Crippen molar-refractivity contribution in [3.8, 4) is 11.8 Å². The molecule has 1 fully saturated rings. The molecule has 1 saturated carbocycles. The molecule has 25 heavy (non-hydrogen) atoms. The topological polar surface area (TPSA) is 73.7 Å². The highest BCUT2D eigenvalue weighted by atomic mass is 35.5. The molecular formula is C19H23ClN4O. The molecule has 2 N–H and O–H groups in total.